The highest BCUT2D eigenvalue weighted by Crippen LogP contribution is 2.37. The number of nitrogens with zero attached hydrogens (tertiary/aromatic N) is 1. The van der Waals surface area contributed by atoms with E-state index in [4.69, 9.17) is 5.73 Å². The Hall–Kier alpha value is -1.35. The summed E-state index contributed by atoms with van der Waals surface area (Å²) in [7, 11) is 0. The van der Waals surface area contributed by atoms with Gasteiger partial charge in [-0.1, -0.05) is 24.3 Å². The zero-order valence-corrected chi connectivity index (χ0v) is 13.0. The van der Waals surface area contributed by atoms with Crippen molar-refractivity contribution in [1.29, 1.82) is 0 Å². The number of carbonyl (C=O) groups excluding carboxylic acids is 1. The fraction of sp³-hybridized carbons (Fsp3) is 0.611. The van der Waals surface area contributed by atoms with Gasteiger partial charge in [-0.15, -0.1) is 0 Å². The Kier molecular flexibility index (Phi) is 4.03. The summed E-state index contributed by atoms with van der Waals surface area (Å²) in [5.74, 6) is 0.227. The lowest BCUT2D eigenvalue weighted by Gasteiger charge is -2.30. The van der Waals surface area contributed by atoms with Gasteiger partial charge in [-0.25, -0.2) is 0 Å². The Bertz CT molecular complexity index is 516. The van der Waals surface area contributed by atoms with E-state index < -0.39 is 0 Å². The van der Waals surface area contributed by atoms with E-state index >= 15 is 0 Å². The Balaban J connectivity index is 1.76. The number of piperidine rings is 1. The maximum absolute atomic E-state index is 12.7. The summed E-state index contributed by atoms with van der Waals surface area (Å²) in [6, 6.07) is 8.34. The SMILES string of the molecule is CC(C(=O)N1CCCCC1)c1ccccc1CC1(N)CC1. The average molecular weight is 286 g/mol. The molecular formula is C18H26N2O. The molecule has 1 aromatic rings. The van der Waals surface area contributed by atoms with Crippen LogP contribution < -0.4 is 5.73 Å². The minimum Gasteiger partial charge on any atom is -0.342 e. The third kappa shape index (κ3) is 3.29. The van der Waals surface area contributed by atoms with E-state index in [9.17, 15) is 4.79 Å². The molecule has 3 heteroatoms. The van der Waals surface area contributed by atoms with Gasteiger partial charge in [0.2, 0.25) is 5.91 Å². The molecule has 0 spiro atoms. The number of likely N-dealkylation sites (tertiary alicyclic amines) is 1. The largest absolute Gasteiger partial charge is 0.342 e. The van der Waals surface area contributed by atoms with Crippen LogP contribution in [0.5, 0.6) is 0 Å². The second-order valence-electron chi connectivity index (χ2n) is 6.85. The van der Waals surface area contributed by atoms with Crippen molar-refractivity contribution >= 4 is 5.91 Å². The van der Waals surface area contributed by atoms with Gasteiger partial charge >= 0.3 is 0 Å². The highest BCUT2D eigenvalue weighted by Gasteiger charge is 2.39. The lowest BCUT2D eigenvalue weighted by Crippen LogP contribution is -2.38. The van der Waals surface area contributed by atoms with Crippen molar-refractivity contribution in [2.45, 2.75) is 56.9 Å². The topological polar surface area (TPSA) is 46.3 Å². The monoisotopic (exact) mass is 286 g/mol. The second-order valence-corrected chi connectivity index (χ2v) is 6.85. The molecule has 1 aliphatic heterocycles. The highest BCUT2D eigenvalue weighted by atomic mass is 16.2. The predicted octanol–water partition coefficient (Wildman–Crippen LogP) is 2.84. The first-order chi connectivity index (χ1) is 10.1. The van der Waals surface area contributed by atoms with Gasteiger partial charge in [0.25, 0.3) is 0 Å². The number of carbonyl (C=O) groups is 1. The van der Waals surface area contributed by atoms with Crippen molar-refractivity contribution in [3.05, 3.63) is 35.4 Å². The molecule has 2 aliphatic rings. The first-order valence-electron chi connectivity index (χ1n) is 8.25. The van der Waals surface area contributed by atoms with Gasteiger partial charge in [0.05, 0.1) is 5.92 Å². The Labute approximate surface area is 127 Å². The minimum atomic E-state index is -0.0540. The molecule has 0 radical (unpaired) electrons. The summed E-state index contributed by atoms with van der Waals surface area (Å²) in [4.78, 5) is 14.8. The molecule has 21 heavy (non-hydrogen) atoms. The van der Waals surface area contributed by atoms with Gasteiger partial charge in [-0.05, 0) is 56.6 Å². The van der Waals surface area contributed by atoms with Gasteiger partial charge in [0, 0.05) is 18.6 Å². The third-order valence-electron chi connectivity index (χ3n) is 4.99. The van der Waals surface area contributed by atoms with Crippen molar-refractivity contribution in [2.75, 3.05) is 13.1 Å². The molecule has 2 fully saturated rings. The van der Waals surface area contributed by atoms with Gasteiger partial charge in [0.1, 0.15) is 0 Å². The molecule has 1 amide bonds. The van der Waals surface area contributed by atoms with Crippen molar-refractivity contribution in [3.63, 3.8) is 0 Å². The van der Waals surface area contributed by atoms with E-state index in [1.165, 1.54) is 17.5 Å². The normalized spacial score (nSPS) is 21.9. The van der Waals surface area contributed by atoms with Gasteiger partial charge in [0.15, 0.2) is 0 Å². The standard InChI is InChI=1S/C18H26N2O/c1-14(17(21)20-11-5-2-6-12-20)16-8-4-3-7-15(16)13-18(19)9-10-18/h3-4,7-8,14H,2,5-6,9-13,19H2,1H3. The first-order valence-corrected chi connectivity index (χ1v) is 8.25. The first kappa shape index (κ1) is 14.6. The average Bonchev–Trinajstić information content (AvgIpc) is 3.24. The van der Waals surface area contributed by atoms with Crippen LogP contribution in [0.2, 0.25) is 0 Å². The number of nitrogens with two attached hydrogens (primary N) is 1. The highest BCUT2D eigenvalue weighted by molar-refractivity contribution is 5.83. The van der Waals surface area contributed by atoms with Crippen LogP contribution in [0.1, 0.15) is 56.1 Å². The third-order valence-corrected chi connectivity index (χ3v) is 4.99. The summed E-state index contributed by atoms with van der Waals surface area (Å²) < 4.78 is 0. The molecule has 0 bridgehead atoms. The number of amides is 1. The number of benzene rings is 1. The molecule has 1 saturated heterocycles. The molecule has 1 aromatic carbocycles. The Morgan fingerprint density at radius 1 is 1.24 bits per heavy atom. The molecule has 1 aliphatic carbocycles. The van der Waals surface area contributed by atoms with E-state index in [-0.39, 0.29) is 17.4 Å². The summed E-state index contributed by atoms with van der Waals surface area (Å²) >= 11 is 0. The van der Waals surface area contributed by atoms with Gasteiger partial charge < -0.3 is 10.6 Å². The molecule has 3 nitrogen and oxygen atoms in total. The molecule has 1 heterocycles. The second kappa shape index (κ2) is 5.80. The quantitative estimate of drug-likeness (QED) is 0.925. The van der Waals surface area contributed by atoms with Crippen LogP contribution in [0, 0.1) is 0 Å². The van der Waals surface area contributed by atoms with Crippen LogP contribution in [0.3, 0.4) is 0 Å². The Morgan fingerprint density at radius 2 is 1.90 bits per heavy atom. The smallest absolute Gasteiger partial charge is 0.229 e. The molecular weight excluding hydrogens is 260 g/mol. The van der Waals surface area contributed by atoms with Crippen LogP contribution in [0.15, 0.2) is 24.3 Å². The maximum atomic E-state index is 12.7. The van der Waals surface area contributed by atoms with Crippen LogP contribution in [-0.4, -0.2) is 29.4 Å². The zero-order chi connectivity index (χ0) is 14.9. The fourth-order valence-corrected chi connectivity index (χ4v) is 3.36. The Morgan fingerprint density at radius 3 is 2.57 bits per heavy atom. The molecule has 1 unspecified atom stereocenters. The molecule has 1 saturated carbocycles. The number of hydrogen-bond donors (Lipinski definition) is 1. The molecule has 2 N–H and O–H groups in total. The van der Waals surface area contributed by atoms with Gasteiger partial charge in [-0.2, -0.15) is 0 Å². The molecule has 0 aromatic heterocycles. The van der Waals surface area contributed by atoms with E-state index in [1.54, 1.807) is 0 Å². The van der Waals surface area contributed by atoms with Crippen molar-refractivity contribution < 1.29 is 4.79 Å². The lowest BCUT2D eigenvalue weighted by atomic mass is 9.90. The summed E-state index contributed by atoms with van der Waals surface area (Å²) in [5, 5.41) is 0. The van der Waals surface area contributed by atoms with E-state index in [0.29, 0.717) is 0 Å². The minimum absolute atomic E-state index is 0.00993. The van der Waals surface area contributed by atoms with Gasteiger partial charge in [-0.3, -0.25) is 4.79 Å². The molecule has 1 atom stereocenters. The summed E-state index contributed by atoms with van der Waals surface area (Å²) in [6.07, 6.45) is 6.66. The van der Waals surface area contributed by atoms with Crippen LogP contribution in [-0.2, 0) is 11.2 Å². The van der Waals surface area contributed by atoms with Crippen molar-refractivity contribution in [3.8, 4) is 0 Å². The predicted molar refractivity (Wildman–Crippen MR) is 85.1 cm³/mol. The van der Waals surface area contributed by atoms with Crippen LogP contribution in [0.4, 0.5) is 0 Å². The van der Waals surface area contributed by atoms with E-state index in [0.717, 1.165) is 45.2 Å². The number of rotatable bonds is 4. The van der Waals surface area contributed by atoms with Crippen LogP contribution in [0.25, 0.3) is 0 Å². The zero-order valence-electron chi connectivity index (χ0n) is 13.0. The number of hydrogen-bond acceptors (Lipinski definition) is 2. The molecule has 3 rings (SSSR count). The fourth-order valence-electron chi connectivity index (χ4n) is 3.36. The maximum Gasteiger partial charge on any atom is 0.229 e. The van der Waals surface area contributed by atoms with Crippen molar-refractivity contribution in [1.82, 2.24) is 4.90 Å². The van der Waals surface area contributed by atoms with E-state index in [1.807, 2.05) is 17.9 Å². The van der Waals surface area contributed by atoms with Crippen LogP contribution >= 0.6 is 0 Å². The summed E-state index contributed by atoms with van der Waals surface area (Å²) in [6.45, 7) is 3.89. The lowest BCUT2D eigenvalue weighted by molar-refractivity contribution is -0.133. The van der Waals surface area contributed by atoms with Crippen molar-refractivity contribution in [2.24, 2.45) is 5.73 Å². The molecule has 114 valence electrons. The summed E-state index contributed by atoms with van der Waals surface area (Å²) in [5.41, 5.74) is 8.69. The van der Waals surface area contributed by atoms with E-state index in [2.05, 4.69) is 18.2 Å².